The number of nitrogens with zero attached hydrogens (tertiary/aromatic N) is 1. The minimum absolute atomic E-state index is 0.0100. The van der Waals surface area contributed by atoms with Crippen molar-refractivity contribution >= 4 is 23.5 Å². The second kappa shape index (κ2) is 13.5. The van der Waals surface area contributed by atoms with Crippen LogP contribution in [0, 0.1) is 0 Å². The molecule has 1 unspecified atom stereocenters. The van der Waals surface area contributed by atoms with E-state index in [4.69, 9.17) is 25.8 Å². The number of halogens is 1. The lowest BCUT2D eigenvalue weighted by atomic mass is 9.82. The fourth-order valence-corrected chi connectivity index (χ4v) is 6.09. The molecular formula is C33H45ClN2O5. The van der Waals surface area contributed by atoms with Gasteiger partial charge in [-0.2, -0.15) is 0 Å². The van der Waals surface area contributed by atoms with Crippen LogP contribution in [0.1, 0.15) is 95.9 Å². The van der Waals surface area contributed by atoms with E-state index in [0.717, 1.165) is 55.3 Å². The molecule has 1 aliphatic heterocycles. The summed E-state index contributed by atoms with van der Waals surface area (Å²) in [4.78, 5) is 27.9. The van der Waals surface area contributed by atoms with Crippen molar-refractivity contribution in [1.82, 2.24) is 10.2 Å². The minimum atomic E-state index is -0.450. The zero-order valence-corrected chi connectivity index (χ0v) is 26.1. The van der Waals surface area contributed by atoms with Crippen molar-refractivity contribution in [3.8, 4) is 11.5 Å². The number of benzene rings is 2. The Morgan fingerprint density at radius 3 is 2.37 bits per heavy atom. The van der Waals surface area contributed by atoms with Crippen molar-refractivity contribution in [3.05, 3.63) is 58.1 Å². The van der Waals surface area contributed by atoms with E-state index in [0.29, 0.717) is 35.4 Å². The monoisotopic (exact) mass is 584 g/mol. The molecule has 0 radical (unpaired) electrons. The van der Waals surface area contributed by atoms with Crippen molar-refractivity contribution in [2.75, 3.05) is 13.7 Å². The highest BCUT2D eigenvalue weighted by Crippen LogP contribution is 2.44. The SMILES string of the molecule is COc1cc2c(cc1OC(C)C)C(c1ccc(Cl)cc1)N(C1CCC(NCCCC(=O)OC(C)(C)C)CC1)C(=O)C2. The predicted octanol–water partition coefficient (Wildman–Crippen LogP) is 6.63. The van der Waals surface area contributed by atoms with Gasteiger partial charge < -0.3 is 24.4 Å². The van der Waals surface area contributed by atoms with Crippen LogP contribution in [0.5, 0.6) is 11.5 Å². The molecule has 1 heterocycles. The van der Waals surface area contributed by atoms with Gasteiger partial charge in [0.1, 0.15) is 5.60 Å². The summed E-state index contributed by atoms with van der Waals surface area (Å²) in [5.41, 5.74) is 2.63. The van der Waals surface area contributed by atoms with E-state index in [1.807, 2.05) is 65.0 Å². The minimum Gasteiger partial charge on any atom is -0.493 e. The number of amides is 1. The lowest BCUT2D eigenvalue weighted by molar-refractivity contribution is -0.154. The highest BCUT2D eigenvalue weighted by Gasteiger charge is 2.40. The summed E-state index contributed by atoms with van der Waals surface area (Å²) in [6.45, 7) is 10.4. The maximum absolute atomic E-state index is 13.8. The maximum Gasteiger partial charge on any atom is 0.306 e. The van der Waals surface area contributed by atoms with Gasteiger partial charge >= 0.3 is 5.97 Å². The van der Waals surface area contributed by atoms with Gasteiger partial charge in [-0.05, 0) is 114 Å². The van der Waals surface area contributed by atoms with E-state index in [-0.39, 0.29) is 30.1 Å². The molecule has 7 nitrogen and oxygen atoms in total. The molecule has 2 aromatic rings. The van der Waals surface area contributed by atoms with E-state index < -0.39 is 5.60 Å². The van der Waals surface area contributed by atoms with Gasteiger partial charge in [0.05, 0.1) is 25.7 Å². The van der Waals surface area contributed by atoms with Crippen LogP contribution in [0.4, 0.5) is 0 Å². The van der Waals surface area contributed by atoms with Gasteiger partial charge in [0, 0.05) is 23.5 Å². The fraction of sp³-hybridized carbons (Fsp3) is 0.576. The van der Waals surface area contributed by atoms with Gasteiger partial charge in [0.25, 0.3) is 0 Å². The zero-order valence-electron chi connectivity index (χ0n) is 25.3. The predicted molar refractivity (Wildman–Crippen MR) is 162 cm³/mol. The van der Waals surface area contributed by atoms with Crippen LogP contribution in [0.3, 0.4) is 0 Å². The Morgan fingerprint density at radius 2 is 1.76 bits per heavy atom. The average molecular weight is 585 g/mol. The first-order valence-corrected chi connectivity index (χ1v) is 15.2. The molecule has 1 aliphatic carbocycles. The van der Waals surface area contributed by atoms with Gasteiger partial charge in [-0.15, -0.1) is 0 Å². The van der Waals surface area contributed by atoms with Gasteiger partial charge in [0.2, 0.25) is 5.91 Å². The number of ether oxygens (including phenoxy) is 3. The third kappa shape index (κ3) is 8.16. The van der Waals surface area contributed by atoms with Crippen molar-refractivity contribution in [3.63, 3.8) is 0 Å². The number of hydrogen-bond acceptors (Lipinski definition) is 6. The highest BCUT2D eigenvalue weighted by atomic mass is 35.5. The van der Waals surface area contributed by atoms with E-state index in [2.05, 4.69) is 16.3 Å². The van der Waals surface area contributed by atoms with Crippen molar-refractivity contribution in [1.29, 1.82) is 0 Å². The van der Waals surface area contributed by atoms with Crippen LogP contribution in [-0.4, -0.2) is 54.2 Å². The van der Waals surface area contributed by atoms with Gasteiger partial charge in [-0.1, -0.05) is 23.7 Å². The topological polar surface area (TPSA) is 77.1 Å². The standard InChI is InChI=1S/C33H45ClN2O5/c1-21(2)40-29-20-27-23(18-28(29)39-6)19-30(37)36(32(27)22-9-11-24(34)12-10-22)26-15-13-25(14-16-26)35-17-7-8-31(38)41-33(3,4)5/h9-12,18,20-21,25-26,32,35H,7-8,13-17,19H2,1-6H3. The second-order valence-electron chi connectivity index (χ2n) is 12.4. The highest BCUT2D eigenvalue weighted by molar-refractivity contribution is 6.30. The van der Waals surface area contributed by atoms with Crippen molar-refractivity contribution in [2.24, 2.45) is 0 Å². The summed E-state index contributed by atoms with van der Waals surface area (Å²) < 4.78 is 17.2. The number of nitrogens with one attached hydrogen (secondary N) is 1. The second-order valence-corrected chi connectivity index (χ2v) is 12.9. The molecule has 4 rings (SSSR count). The third-order valence-electron chi connectivity index (χ3n) is 7.68. The number of carbonyl (C=O) groups excluding carboxylic acids is 2. The molecule has 41 heavy (non-hydrogen) atoms. The molecule has 1 N–H and O–H groups in total. The molecule has 8 heteroatoms. The summed E-state index contributed by atoms with van der Waals surface area (Å²) in [6, 6.07) is 12.1. The molecule has 1 atom stereocenters. The lowest BCUT2D eigenvalue weighted by Gasteiger charge is -2.45. The first-order chi connectivity index (χ1) is 19.4. The van der Waals surface area contributed by atoms with Gasteiger partial charge in [-0.3, -0.25) is 9.59 Å². The zero-order chi connectivity index (χ0) is 29.7. The number of carbonyl (C=O) groups is 2. The van der Waals surface area contributed by atoms with Crippen LogP contribution in [0.25, 0.3) is 0 Å². The summed E-state index contributed by atoms with van der Waals surface area (Å²) in [7, 11) is 1.63. The normalized spacial score (nSPS) is 21.0. The number of fused-ring (bicyclic) bond motifs is 1. The summed E-state index contributed by atoms with van der Waals surface area (Å²) >= 11 is 6.25. The van der Waals surface area contributed by atoms with Crippen LogP contribution in [-0.2, 0) is 20.7 Å². The van der Waals surface area contributed by atoms with Crippen molar-refractivity contribution in [2.45, 2.75) is 109 Å². The Kier molecular flexibility index (Phi) is 10.2. The first-order valence-electron chi connectivity index (χ1n) is 14.8. The Labute approximate surface area is 249 Å². The molecule has 2 aliphatic rings. The maximum atomic E-state index is 13.8. The third-order valence-corrected chi connectivity index (χ3v) is 7.93. The first kappa shape index (κ1) is 31.2. The van der Waals surface area contributed by atoms with E-state index >= 15 is 0 Å². The van der Waals surface area contributed by atoms with Crippen LogP contribution in [0.15, 0.2) is 36.4 Å². The van der Waals surface area contributed by atoms with Crippen LogP contribution in [0.2, 0.25) is 5.02 Å². The molecule has 224 valence electrons. The quantitative estimate of drug-likeness (QED) is 0.249. The van der Waals surface area contributed by atoms with E-state index in [1.165, 1.54) is 0 Å². The Balaban J connectivity index is 1.49. The van der Waals surface area contributed by atoms with Gasteiger partial charge in [0.15, 0.2) is 11.5 Å². The Hall–Kier alpha value is -2.77. The number of hydrogen-bond donors (Lipinski definition) is 1. The largest absolute Gasteiger partial charge is 0.493 e. The Morgan fingerprint density at radius 1 is 1.07 bits per heavy atom. The number of methoxy groups -OCH3 is 1. The molecule has 0 saturated heterocycles. The molecule has 0 spiro atoms. The smallest absolute Gasteiger partial charge is 0.306 e. The molecule has 1 saturated carbocycles. The molecular weight excluding hydrogens is 540 g/mol. The molecule has 1 fully saturated rings. The van der Waals surface area contributed by atoms with Gasteiger partial charge in [-0.25, -0.2) is 0 Å². The van der Waals surface area contributed by atoms with E-state index in [1.54, 1.807) is 7.11 Å². The van der Waals surface area contributed by atoms with E-state index in [9.17, 15) is 9.59 Å². The molecule has 0 bridgehead atoms. The number of rotatable bonds is 10. The number of esters is 1. The summed E-state index contributed by atoms with van der Waals surface area (Å²) in [6.07, 6.45) is 5.28. The average Bonchev–Trinajstić information content (AvgIpc) is 2.90. The summed E-state index contributed by atoms with van der Waals surface area (Å²) in [5.74, 6) is 1.31. The Bertz CT molecular complexity index is 1200. The molecule has 0 aromatic heterocycles. The fourth-order valence-electron chi connectivity index (χ4n) is 5.97. The molecule has 2 aromatic carbocycles. The van der Waals surface area contributed by atoms with Crippen molar-refractivity contribution < 1.29 is 23.8 Å². The molecule has 1 amide bonds. The summed E-state index contributed by atoms with van der Waals surface area (Å²) in [5, 5.41) is 4.29. The van der Waals surface area contributed by atoms with Crippen LogP contribution >= 0.6 is 11.6 Å². The van der Waals surface area contributed by atoms with Crippen LogP contribution < -0.4 is 14.8 Å². The lowest BCUT2D eigenvalue weighted by Crippen LogP contribution is -2.50.